The smallest absolute Gasteiger partial charge is 0.217 e. The molecule has 1 saturated heterocycles. The van der Waals surface area contributed by atoms with Gasteiger partial charge >= 0.3 is 0 Å². The summed E-state index contributed by atoms with van der Waals surface area (Å²) in [6.07, 6.45) is -4.33. The normalized spacial score (nSPS) is 36.2. The molecule has 18 heavy (non-hydrogen) atoms. The highest BCUT2D eigenvalue weighted by Gasteiger charge is 2.44. The predicted octanol–water partition coefficient (Wildman–Crippen LogP) is -2.05. The summed E-state index contributed by atoms with van der Waals surface area (Å²) in [4.78, 5) is 22.2. The van der Waals surface area contributed by atoms with E-state index in [-0.39, 0.29) is 12.2 Å². The van der Waals surface area contributed by atoms with Crippen molar-refractivity contribution in [1.29, 1.82) is 0 Å². The Bertz CT molecular complexity index is 321. The third-order valence-corrected chi connectivity index (χ3v) is 2.89. The van der Waals surface area contributed by atoms with Gasteiger partial charge < -0.3 is 25.4 Å². The van der Waals surface area contributed by atoms with E-state index in [2.05, 4.69) is 5.32 Å². The number of nitrogens with one attached hydrogen (secondary N) is 1. The molecule has 0 saturated carbocycles. The van der Waals surface area contributed by atoms with Gasteiger partial charge in [0.15, 0.2) is 0 Å². The number of ether oxygens (including phenoxy) is 1. The SMILES string of the molecule is CC(=O)C[C@H]1O[C@H](CO)[C@@H](O)[C@H](O)[C@H]1NC(C)=O. The summed E-state index contributed by atoms with van der Waals surface area (Å²) in [5.74, 6) is -0.568. The molecule has 7 heteroatoms. The van der Waals surface area contributed by atoms with Gasteiger partial charge in [-0.05, 0) is 6.92 Å². The van der Waals surface area contributed by atoms with Crippen molar-refractivity contribution in [2.24, 2.45) is 0 Å². The van der Waals surface area contributed by atoms with Crippen LogP contribution in [0.4, 0.5) is 0 Å². The van der Waals surface area contributed by atoms with E-state index in [4.69, 9.17) is 9.84 Å². The topological polar surface area (TPSA) is 116 Å². The van der Waals surface area contributed by atoms with E-state index in [9.17, 15) is 19.8 Å². The summed E-state index contributed by atoms with van der Waals surface area (Å²) in [5, 5.41) is 31.1. The number of Topliss-reactive ketones (excluding diaryl/α,β-unsaturated/α-hetero) is 1. The Morgan fingerprint density at radius 3 is 2.22 bits per heavy atom. The van der Waals surface area contributed by atoms with E-state index in [0.29, 0.717) is 0 Å². The van der Waals surface area contributed by atoms with Crippen LogP contribution < -0.4 is 5.32 Å². The molecule has 4 N–H and O–H groups in total. The van der Waals surface area contributed by atoms with Gasteiger partial charge in [-0.25, -0.2) is 0 Å². The highest BCUT2D eigenvalue weighted by molar-refractivity contribution is 5.77. The maximum Gasteiger partial charge on any atom is 0.217 e. The van der Waals surface area contributed by atoms with Gasteiger partial charge in [-0.2, -0.15) is 0 Å². The van der Waals surface area contributed by atoms with Gasteiger partial charge in [0.1, 0.15) is 24.1 Å². The zero-order chi connectivity index (χ0) is 13.9. The van der Waals surface area contributed by atoms with Crippen molar-refractivity contribution in [3.8, 4) is 0 Å². The molecule has 0 bridgehead atoms. The van der Waals surface area contributed by atoms with E-state index in [0.717, 1.165) is 0 Å². The average Bonchev–Trinajstić information content (AvgIpc) is 2.27. The summed E-state index contributed by atoms with van der Waals surface area (Å²) >= 11 is 0. The lowest BCUT2D eigenvalue weighted by Gasteiger charge is -2.42. The van der Waals surface area contributed by atoms with Crippen LogP contribution in [0.1, 0.15) is 20.3 Å². The van der Waals surface area contributed by atoms with Crippen molar-refractivity contribution in [3.63, 3.8) is 0 Å². The molecule has 0 spiro atoms. The Labute approximate surface area is 105 Å². The molecule has 1 amide bonds. The first-order chi connectivity index (χ1) is 8.36. The van der Waals surface area contributed by atoms with Crippen molar-refractivity contribution in [1.82, 2.24) is 5.32 Å². The molecule has 104 valence electrons. The number of aliphatic hydroxyl groups is 3. The number of ketones is 1. The summed E-state index contributed by atoms with van der Waals surface area (Å²) < 4.78 is 5.35. The Kier molecular flexibility index (Phi) is 5.21. The zero-order valence-corrected chi connectivity index (χ0v) is 10.4. The Balaban J connectivity index is 2.86. The summed E-state index contributed by atoms with van der Waals surface area (Å²) in [6, 6.07) is -0.871. The van der Waals surface area contributed by atoms with E-state index < -0.39 is 43.0 Å². The summed E-state index contributed by atoms with van der Waals surface area (Å²) in [7, 11) is 0. The van der Waals surface area contributed by atoms with Crippen LogP contribution in [0, 0.1) is 0 Å². The Hall–Kier alpha value is -1.02. The Morgan fingerprint density at radius 1 is 1.17 bits per heavy atom. The maximum atomic E-state index is 11.1. The number of aliphatic hydroxyl groups excluding tert-OH is 3. The minimum absolute atomic E-state index is 0.00870. The number of carbonyl (C=O) groups is 2. The largest absolute Gasteiger partial charge is 0.394 e. The first kappa shape index (κ1) is 15.0. The first-order valence-electron chi connectivity index (χ1n) is 5.75. The zero-order valence-electron chi connectivity index (χ0n) is 10.4. The molecule has 1 aliphatic rings. The van der Waals surface area contributed by atoms with Gasteiger partial charge in [0.2, 0.25) is 5.91 Å². The van der Waals surface area contributed by atoms with E-state index in [1.54, 1.807) is 0 Å². The number of hydrogen-bond donors (Lipinski definition) is 4. The number of rotatable bonds is 4. The maximum absolute atomic E-state index is 11.1. The lowest BCUT2D eigenvalue weighted by molar-refractivity contribution is -0.196. The van der Waals surface area contributed by atoms with Crippen molar-refractivity contribution in [3.05, 3.63) is 0 Å². The van der Waals surface area contributed by atoms with E-state index >= 15 is 0 Å². The fourth-order valence-corrected chi connectivity index (χ4v) is 2.06. The monoisotopic (exact) mass is 261 g/mol. The molecule has 5 atom stereocenters. The molecule has 1 fully saturated rings. The fraction of sp³-hybridized carbons (Fsp3) is 0.818. The second-order valence-corrected chi connectivity index (χ2v) is 4.51. The Morgan fingerprint density at radius 2 is 1.78 bits per heavy atom. The highest BCUT2D eigenvalue weighted by Crippen LogP contribution is 2.23. The van der Waals surface area contributed by atoms with Gasteiger partial charge in [0.05, 0.1) is 18.8 Å². The second-order valence-electron chi connectivity index (χ2n) is 4.51. The number of carbonyl (C=O) groups excluding carboxylic acids is 2. The van der Waals surface area contributed by atoms with Gasteiger partial charge in [-0.15, -0.1) is 0 Å². The molecule has 0 aromatic heterocycles. The highest BCUT2D eigenvalue weighted by atomic mass is 16.5. The van der Waals surface area contributed by atoms with Crippen LogP contribution in [0.3, 0.4) is 0 Å². The second kappa shape index (κ2) is 6.24. The molecule has 1 heterocycles. The molecule has 1 aliphatic heterocycles. The molecule has 0 aromatic rings. The molecule has 1 rings (SSSR count). The lowest BCUT2D eigenvalue weighted by Crippen LogP contribution is -2.64. The molecular formula is C11H19NO6. The van der Waals surface area contributed by atoms with Crippen molar-refractivity contribution < 1.29 is 29.6 Å². The van der Waals surface area contributed by atoms with Crippen LogP contribution >= 0.6 is 0 Å². The fourth-order valence-electron chi connectivity index (χ4n) is 2.06. The van der Waals surface area contributed by atoms with Crippen LogP contribution in [0.25, 0.3) is 0 Å². The standard InChI is InChI=1S/C11H19NO6/c1-5(14)3-7-9(12-6(2)15)11(17)10(16)8(4-13)18-7/h7-11,13,16-17H,3-4H2,1-2H3,(H,12,15)/t7-,8-,9+,10-,11-/m1/s1. The van der Waals surface area contributed by atoms with Crippen LogP contribution in [0.15, 0.2) is 0 Å². The lowest BCUT2D eigenvalue weighted by atomic mass is 9.90. The molecule has 0 aromatic carbocycles. The summed E-state index contributed by atoms with van der Waals surface area (Å²) in [5.41, 5.74) is 0. The third kappa shape index (κ3) is 3.49. The van der Waals surface area contributed by atoms with Crippen LogP contribution in [-0.2, 0) is 14.3 Å². The van der Waals surface area contributed by atoms with Gasteiger partial charge in [-0.3, -0.25) is 9.59 Å². The van der Waals surface area contributed by atoms with Crippen molar-refractivity contribution in [2.75, 3.05) is 6.61 Å². The van der Waals surface area contributed by atoms with Crippen LogP contribution in [0.2, 0.25) is 0 Å². The predicted molar refractivity (Wildman–Crippen MR) is 60.7 cm³/mol. The van der Waals surface area contributed by atoms with E-state index in [1.165, 1.54) is 13.8 Å². The van der Waals surface area contributed by atoms with Gasteiger partial charge in [0.25, 0.3) is 0 Å². The minimum atomic E-state index is -1.31. The number of amides is 1. The van der Waals surface area contributed by atoms with Crippen molar-refractivity contribution >= 4 is 11.7 Å². The van der Waals surface area contributed by atoms with Crippen LogP contribution in [-0.4, -0.2) is 64.1 Å². The molecule has 0 radical (unpaired) electrons. The number of hydrogen-bond acceptors (Lipinski definition) is 6. The van der Waals surface area contributed by atoms with Gasteiger partial charge in [0, 0.05) is 13.3 Å². The molecular weight excluding hydrogens is 242 g/mol. The molecule has 0 aliphatic carbocycles. The van der Waals surface area contributed by atoms with Gasteiger partial charge in [-0.1, -0.05) is 0 Å². The quantitative estimate of drug-likeness (QED) is 0.463. The van der Waals surface area contributed by atoms with Crippen LogP contribution in [0.5, 0.6) is 0 Å². The molecule has 0 unspecified atom stereocenters. The molecule has 7 nitrogen and oxygen atoms in total. The summed E-state index contributed by atoms with van der Waals surface area (Å²) in [6.45, 7) is 2.15. The minimum Gasteiger partial charge on any atom is -0.394 e. The first-order valence-corrected chi connectivity index (χ1v) is 5.75. The van der Waals surface area contributed by atoms with Crippen molar-refractivity contribution in [2.45, 2.75) is 50.7 Å². The van der Waals surface area contributed by atoms with E-state index in [1.807, 2.05) is 0 Å². The average molecular weight is 261 g/mol. The third-order valence-electron chi connectivity index (χ3n) is 2.89.